The van der Waals surface area contributed by atoms with E-state index < -0.39 is 6.09 Å². The van der Waals surface area contributed by atoms with Crippen molar-refractivity contribution in [3.63, 3.8) is 0 Å². The molecule has 0 aliphatic rings. The summed E-state index contributed by atoms with van der Waals surface area (Å²) in [6.45, 7) is 0.0909. The summed E-state index contributed by atoms with van der Waals surface area (Å²) >= 11 is 3.18. The van der Waals surface area contributed by atoms with Crippen molar-refractivity contribution in [2.75, 3.05) is 0 Å². The molecule has 70 valence electrons. The maximum absolute atomic E-state index is 12.7. The third-order valence-electron chi connectivity index (χ3n) is 1.44. The Kier molecular flexibility index (Phi) is 3.25. The van der Waals surface area contributed by atoms with Crippen LogP contribution in [-0.4, -0.2) is 11.2 Å². The summed E-state index contributed by atoms with van der Waals surface area (Å²) in [5.74, 6) is -0.384. The van der Waals surface area contributed by atoms with Crippen LogP contribution >= 0.6 is 15.9 Å². The van der Waals surface area contributed by atoms with E-state index in [4.69, 9.17) is 5.11 Å². The fourth-order valence-corrected chi connectivity index (χ4v) is 1.24. The molecule has 3 nitrogen and oxygen atoms in total. The normalized spacial score (nSPS) is 9.69. The number of hydrogen-bond acceptors (Lipinski definition) is 1. The van der Waals surface area contributed by atoms with Crippen molar-refractivity contribution < 1.29 is 14.3 Å². The van der Waals surface area contributed by atoms with Gasteiger partial charge in [-0.15, -0.1) is 0 Å². The van der Waals surface area contributed by atoms with Crippen LogP contribution in [0.1, 0.15) is 5.56 Å². The Morgan fingerprint density at radius 2 is 2.31 bits per heavy atom. The van der Waals surface area contributed by atoms with Gasteiger partial charge in [0.15, 0.2) is 0 Å². The van der Waals surface area contributed by atoms with E-state index in [-0.39, 0.29) is 12.4 Å². The SMILES string of the molecule is O=C(O)NCc1cc(F)ccc1Br. The molecule has 13 heavy (non-hydrogen) atoms. The number of amides is 1. The van der Waals surface area contributed by atoms with Gasteiger partial charge in [0.1, 0.15) is 5.82 Å². The van der Waals surface area contributed by atoms with E-state index in [9.17, 15) is 9.18 Å². The third-order valence-corrected chi connectivity index (χ3v) is 2.21. The van der Waals surface area contributed by atoms with Crippen molar-refractivity contribution in [2.24, 2.45) is 0 Å². The van der Waals surface area contributed by atoms with E-state index >= 15 is 0 Å². The minimum absolute atomic E-state index is 0.0909. The molecule has 0 atom stereocenters. The molecule has 0 bridgehead atoms. The minimum Gasteiger partial charge on any atom is -0.465 e. The highest BCUT2D eigenvalue weighted by Gasteiger charge is 2.02. The molecular formula is C8H7BrFNO2. The molecule has 0 aromatic heterocycles. The molecule has 1 aromatic rings. The second-order valence-electron chi connectivity index (χ2n) is 2.39. The van der Waals surface area contributed by atoms with Crippen LogP contribution < -0.4 is 5.32 Å². The van der Waals surface area contributed by atoms with Gasteiger partial charge in [-0.1, -0.05) is 15.9 Å². The molecule has 0 spiro atoms. The Bertz CT molecular complexity index is 330. The monoisotopic (exact) mass is 247 g/mol. The van der Waals surface area contributed by atoms with Crippen LogP contribution in [-0.2, 0) is 6.54 Å². The Balaban J connectivity index is 2.75. The number of hydrogen-bond donors (Lipinski definition) is 2. The number of benzene rings is 1. The van der Waals surface area contributed by atoms with Crippen LogP contribution in [0.5, 0.6) is 0 Å². The van der Waals surface area contributed by atoms with E-state index in [1.807, 2.05) is 0 Å². The zero-order valence-electron chi connectivity index (χ0n) is 6.55. The fourth-order valence-electron chi connectivity index (χ4n) is 0.850. The number of carbonyl (C=O) groups is 1. The Labute approximate surface area is 82.7 Å². The number of carboxylic acid groups (broad SMARTS) is 1. The Morgan fingerprint density at radius 1 is 1.62 bits per heavy atom. The summed E-state index contributed by atoms with van der Waals surface area (Å²) in [6.07, 6.45) is -1.13. The summed E-state index contributed by atoms with van der Waals surface area (Å²) < 4.78 is 13.4. The average molecular weight is 248 g/mol. The molecule has 1 rings (SSSR count). The first-order valence-corrected chi connectivity index (χ1v) is 4.29. The van der Waals surface area contributed by atoms with Gasteiger partial charge >= 0.3 is 6.09 Å². The highest BCUT2D eigenvalue weighted by Crippen LogP contribution is 2.17. The molecule has 2 N–H and O–H groups in total. The summed E-state index contributed by atoms with van der Waals surface area (Å²) in [5.41, 5.74) is 0.572. The molecule has 0 unspecified atom stereocenters. The van der Waals surface area contributed by atoms with Crippen LogP contribution in [0.15, 0.2) is 22.7 Å². The molecule has 0 saturated carbocycles. The van der Waals surface area contributed by atoms with Gasteiger partial charge < -0.3 is 10.4 Å². The molecule has 0 aliphatic carbocycles. The standard InChI is InChI=1S/C8H7BrFNO2/c9-7-2-1-6(10)3-5(7)4-11-8(12)13/h1-3,11H,4H2,(H,12,13). The molecule has 0 aliphatic heterocycles. The fraction of sp³-hybridized carbons (Fsp3) is 0.125. The molecule has 5 heteroatoms. The Morgan fingerprint density at radius 3 is 2.92 bits per heavy atom. The van der Waals surface area contributed by atoms with Crippen LogP contribution in [0, 0.1) is 5.82 Å². The van der Waals surface area contributed by atoms with Gasteiger partial charge in [0.2, 0.25) is 0 Å². The molecule has 0 fully saturated rings. The zero-order chi connectivity index (χ0) is 9.84. The van der Waals surface area contributed by atoms with Crippen LogP contribution in [0.3, 0.4) is 0 Å². The summed E-state index contributed by atoms with van der Waals surface area (Å²) in [4.78, 5) is 10.1. The molecule has 0 radical (unpaired) electrons. The van der Waals surface area contributed by atoms with E-state index in [1.165, 1.54) is 18.2 Å². The lowest BCUT2D eigenvalue weighted by Gasteiger charge is -2.03. The van der Waals surface area contributed by atoms with Gasteiger partial charge in [-0.3, -0.25) is 0 Å². The van der Waals surface area contributed by atoms with Crippen LogP contribution in [0.4, 0.5) is 9.18 Å². The molecule has 1 aromatic carbocycles. The van der Waals surface area contributed by atoms with E-state index in [0.29, 0.717) is 10.0 Å². The van der Waals surface area contributed by atoms with E-state index in [0.717, 1.165) is 0 Å². The van der Waals surface area contributed by atoms with Crippen molar-refractivity contribution in [3.8, 4) is 0 Å². The lowest BCUT2D eigenvalue weighted by Crippen LogP contribution is -2.20. The van der Waals surface area contributed by atoms with E-state index in [2.05, 4.69) is 21.2 Å². The smallest absolute Gasteiger partial charge is 0.404 e. The van der Waals surface area contributed by atoms with Crippen molar-refractivity contribution in [1.82, 2.24) is 5.32 Å². The third kappa shape index (κ3) is 3.02. The maximum atomic E-state index is 12.7. The first-order valence-electron chi connectivity index (χ1n) is 3.50. The lowest BCUT2D eigenvalue weighted by molar-refractivity contribution is 0.194. The average Bonchev–Trinajstić information content (AvgIpc) is 2.06. The largest absolute Gasteiger partial charge is 0.465 e. The summed E-state index contributed by atoms with van der Waals surface area (Å²) in [5, 5.41) is 10.5. The first-order chi connectivity index (χ1) is 6.09. The topological polar surface area (TPSA) is 49.3 Å². The molecule has 0 heterocycles. The molecule has 1 amide bonds. The van der Waals surface area contributed by atoms with Crippen molar-refractivity contribution in [1.29, 1.82) is 0 Å². The summed E-state index contributed by atoms with van der Waals surface area (Å²) in [7, 11) is 0. The predicted octanol–water partition coefficient (Wildman–Crippen LogP) is 2.36. The maximum Gasteiger partial charge on any atom is 0.404 e. The van der Waals surface area contributed by atoms with Crippen LogP contribution in [0.25, 0.3) is 0 Å². The molecule has 0 saturated heterocycles. The minimum atomic E-state index is -1.13. The highest BCUT2D eigenvalue weighted by molar-refractivity contribution is 9.10. The van der Waals surface area contributed by atoms with Gasteiger partial charge in [0.25, 0.3) is 0 Å². The lowest BCUT2D eigenvalue weighted by atomic mass is 10.2. The predicted molar refractivity (Wildman–Crippen MR) is 49.0 cm³/mol. The van der Waals surface area contributed by atoms with Gasteiger partial charge in [0.05, 0.1) is 0 Å². The highest BCUT2D eigenvalue weighted by atomic mass is 79.9. The summed E-state index contributed by atoms with van der Waals surface area (Å²) in [6, 6.07) is 4.11. The first kappa shape index (κ1) is 9.98. The number of halogens is 2. The number of nitrogens with one attached hydrogen (secondary N) is 1. The van der Waals surface area contributed by atoms with E-state index in [1.54, 1.807) is 0 Å². The second-order valence-corrected chi connectivity index (χ2v) is 3.25. The van der Waals surface area contributed by atoms with Crippen molar-refractivity contribution in [2.45, 2.75) is 6.54 Å². The van der Waals surface area contributed by atoms with Crippen LogP contribution in [0.2, 0.25) is 0 Å². The second kappa shape index (κ2) is 4.23. The molecular weight excluding hydrogens is 241 g/mol. The van der Waals surface area contributed by atoms with Gasteiger partial charge in [-0.25, -0.2) is 9.18 Å². The Hall–Kier alpha value is -1.10. The van der Waals surface area contributed by atoms with Crippen molar-refractivity contribution >= 4 is 22.0 Å². The van der Waals surface area contributed by atoms with Gasteiger partial charge in [0, 0.05) is 11.0 Å². The zero-order valence-corrected chi connectivity index (χ0v) is 8.14. The van der Waals surface area contributed by atoms with Gasteiger partial charge in [-0.2, -0.15) is 0 Å². The quantitative estimate of drug-likeness (QED) is 0.843. The van der Waals surface area contributed by atoms with Crippen molar-refractivity contribution in [3.05, 3.63) is 34.1 Å². The number of rotatable bonds is 2. The van der Waals surface area contributed by atoms with Gasteiger partial charge in [-0.05, 0) is 23.8 Å².